The van der Waals surface area contributed by atoms with Gasteiger partial charge in [0.05, 0.1) is 71.4 Å². The zero-order valence-electron chi connectivity index (χ0n) is 54.4. The summed E-state index contributed by atoms with van der Waals surface area (Å²) in [5.41, 5.74) is 6.36. The van der Waals surface area contributed by atoms with Gasteiger partial charge in [-0.3, -0.25) is 0 Å². The standard InChI is InChI=1S/C24H26ClN3O4.C20H18ClN3O4.C19H18BrClN2O3.C5H9NO.C2H5.CH4.Pd/c1-24(2,3)32-23(30)15-9-26-19-8-18(25)13(7-14(15)19)12-5-6-20(27-22(12)31-4)28-10-16-17(11-28)21(16)29;1-28-19-9(2-3-17(23-19)24-7-13-14(8-24)18(13)25)10-4-11-12(20(26)27)6-22-16(11)5-15(10)21;1-19(2,3)26-18(24)13-9-22-15-8-14(21)11(7-12(13)15)10-5-6-16(20)23-17(10)25-4;7-5-3-1-6-2-4(3)5;1-2;;/h5-9,16-17,21,26,29H,10-11H2,1-4H3;2-6,13-14,18,22,25H,7-8H2,1H3,(H,26,27);5-9,22H,1-4H3;3-7H,1-2H2;1H2,2H3;1H4;/q;;;;-1;;/t16-,17+,21?;13-,14+,18?;;3-,4+,5?;;;. The number of pyridine rings is 3. The van der Waals surface area contributed by atoms with E-state index < -0.39 is 29.1 Å². The molecule has 8 N–H and O–H groups in total. The van der Waals surface area contributed by atoms with E-state index in [9.17, 15) is 29.7 Å². The van der Waals surface area contributed by atoms with Gasteiger partial charge in [0.1, 0.15) is 27.4 Å². The number of rotatable bonds is 11. The fraction of sp³-hybridized carbons (Fsp3) is 0.394. The molecule has 0 bridgehead atoms. The van der Waals surface area contributed by atoms with E-state index in [2.05, 4.69) is 62.9 Å². The third-order valence-electron chi connectivity index (χ3n) is 17.7. The average Bonchev–Trinajstić information content (AvgIpc) is 1.52. The van der Waals surface area contributed by atoms with Crippen molar-refractivity contribution in [3.05, 3.63) is 135 Å². The summed E-state index contributed by atoms with van der Waals surface area (Å²) < 4.78 is 28.2. The van der Waals surface area contributed by atoms with Gasteiger partial charge in [-0.25, -0.2) is 19.4 Å². The van der Waals surface area contributed by atoms with Crippen LogP contribution in [0.2, 0.25) is 15.1 Å². The number of halogens is 4. The van der Waals surface area contributed by atoms with Gasteiger partial charge in [-0.05, 0) is 130 Å². The van der Waals surface area contributed by atoms with E-state index in [1.807, 2.05) is 90.1 Å². The van der Waals surface area contributed by atoms with Gasteiger partial charge in [-0.2, -0.15) is 16.9 Å². The first-order valence-electron chi connectivity index (χ1n) is 31.1. The Hall–Kier alpha value is -7.01. The maximum absolute atomic E-state index is 12.7. The summed E-state index contributed by atoms with van der Waals surface area (Å²) >= 11 is 22.9. The molecular weight excluding hydrogens is 1460 g/mol. The van der Waals surface area contributed by atoms with Crippen LogP contribution in [0.5, 0.6) is 17.6 Å². The third-order valence-corrected chi connectivity index (χ3v) is 19.1. The Morgan fingerprint density at radius 3 is 1.15 bits per heavy atom. The summed E-state index contributed by atoms with van der Waals surface area (Å²) in [6.07, 6.45) is 4.45. The maximum atomic E-state index is 12.7. The minimum atomic E-state index is -1.00. The van der Waals surface area contributed by atoms with E-state index >= 15 is 0 Å². The van der Waals surface area contributed by atoms with Crippen molar-refractivity contribution in [2.24, 2.45) is 35.5 Å². The van der Waals surface area contributed by atoms with Crippen molar-refractivity contribution >= 4 is 113 Å². The number of esters is 2. The van der Waals surface area contributed by atoms with Gasteiger partial charge < -0.3 is 81.1 Å². The number of aliphatic hydroxyl groups excluding tert-OH is 3. The fourth-order valence-electron chi connectivity index (χ4n) is 12.7. The van der Waals surface area contributed by atoms with Crippen molar-refractivity contribution < 1.29 is 78.9 Å². The number of carboxylic acid groups (broad SMARTS) is 1. The molecule has 97 heavy (non-hydrogen) atoms. The minimum Gasteiger partial charge on any atom is -0.481 e. The summed E-state index contributed by atoms with van der Waals surface area (Å²) in [5.74, 6) is 3.77. The number of nitrogens with one attached hydrogen (secondary N) is 4. The van der Waals surface area contributed by atoms with Gasteiger partial charge in [-0.1, -0.05) is 42.2 Å². The molecule has 6 aromatic heterocycles. The Morgan fingerprint density at radius 1 is 0.515 bits per heavy atom. The second-order valence-corrected chi connectivity index (χ2v) is 28.1. The number of carboxylic acids is 1. The number of methoxy groups -OCH3 is 3. The number of benzene rings is 3. The number of hydrogen-bond donors (Lipinski definition) is 8. The molecule has 0 radical (unpaired) electrons. The van der Waals surface area contributed by atoms with Crippen molar-refractivity contribution in [3.8, 4) is 51.0 Å². The molecule has 9 heterocycles. The molecule has 520 valence electrons. The molecule has 3 saturated carbocycles. The van der Waals surface area contributed by atoms with E-state index in [1.165, 1.54) is 6.20 Å². The summed E-state index contributed by atoms with van der Waals surface area (Å²) in [5, 5.41) is 44.6. The number of aromatic amines is 3. The van der Waals surface area contributed by atoms with Crippen LogP contribution in [0, 0.1) is 42.4 Å². The molecule has 6 fully saturated rings. The monoisotopic (exact) mass is 1540 g/mol. The molecular formula is C71H80BrCl3N9O12Pd-. The number of piperidine rings is 3. The van der Waals surface area contributed by atoms with Gasteiger partial charge in [0.2, 0.25) is 17.6 Å². The van der Waals surface area contributed by atoms with Crippen LogP contribution in [0.15, 0.2) is 96.0 Å². The van der Waals surface area contributed by atoms with Gasteiger partial charge in [0.15, 0.2) is 0 Å². The first-order chi connectivity index (χ1) is 45.2. The quantitative estimate of drug-likeness (QED) is 0.0258. The van der Waals surface area contributed by atoms with Crippen LogP contribution in [-0.2, 0) is 29.9 Å². The molecule has 6 aliphatic rings. The number of carbonyl (C=O) groups is 3. The summed E-state index contributed by atoms with van der Waals surface area (Å²) in [4.78, 5) is 63.8. The number of carbonyl (C=O) groups excluding carboxylic acids is 2. The van der Waals surface area contributed by atoms with Crippen LogP contribution in [-0.4, -0.2) is 158 Å². The van der Waals surface area contributed by atoms with Gasteiger partial charge in [0.25, 0.3) is 0 Å². The van der Waals surface area contributed by atoms with E-state index in [4.69, 9.17) is 68.6 Å². The van der Waals surface area contributed by atoms with Crippen LogP contribution in [0.25, 0.3) is 66.1 Å². The molecule has 26 heteroatoms. The molecule has 3 aliphatic heterocycles. The Bertz CT molecular complexity index is 4370. The summed E-state index contributed by atoms with van der Waals surface area (Å²) in [7, 11) is 4.68. The Kier molecular flexibility index (Phi) is 22.8. The van der Waals surface area contributed by atoms with Crippen LogP contribution < -0.4 is 29.3 Å². The Labute approximate surface area is 600 Å². The van der Waals surface area contributed by atoms with E-state index in [0.717, 1.165) is 95.0 Å². The average molecular weight is 1540 g/mol. The van der Waals surface area contributed by atoms with E-state index in [1.54, 1.807) is 64.9 Å². The van der Waals surface area contributed by atoms with Crippen molar-refractivity contribution in [1.29, 1.82) is 0 Å². The van der Waals surface area contributed by atoms with Crippen LogP contribution in [0.1, 0.15) is 87.0 Å². The Balaban J connectivity index is 0.000000159. The first kappa shape index (κ1) is 74.2. The van der Waals surface area contributed by atoms with Gasteiger partial charge >= 0.3 is 17.9 Å². The van der Waals surface area contributed by atoms with Gasteiger partial charge in [-0.15, -0.1) is 0 Å². The molecule has 3 unspecified atom stereocenters. The Morgan fingerprint density at radius 2 is 0.835 bits per heavy atom. The predicted molar refractivity (Wildman–Crippen MR) is 378 cm³/mol. The van der Waals surface area contributed by atoms with E-state index in [-0.39, 0.29) is 51.7 Å². The molecule has 21 nitrogen and oxygen atoms in total. The van der Waals surface area contributed by atoms with Crippen LogP contribution in [0.4, 0.5) is 11.6 Å². The zero-order valence-corrected chi connectivity index (χ0v) is 59.8. The number of aromatic carboxylic acids is 1. The molecule has 9 aromatic rings. The maximum Gasteiger partial charge on any atom is 0.340 e. The van der Waals surface area contributed by atoms with Crippen LogP contribution >= 0.6 is 50.7 Å². The number of anilines is 2. The minimum absolute atomic E-state index is 0. The number of aromatic nitrogens is 6. The topological polar surface area (TPSA) is 283 Å². The predicted octanol–water partition coefficient (Wildman–Crippen LogP) is 13.6. The molecule has 9 atom stereocenters. The molecule has 0 spiro atoms. The van der Waals surface area contributed by atoms with Crippen molar-refractivity contribution in [1.82, 2.24) is 35.2 Å². The second-order valence-electron chi connectivity index (χ2n) is 26.1. The van der Waals surface area contributed by atoms with Crippen molar-refractivity contribution in [3.63, 3.8) is 0 Å². The SMILES string of the molecule is C.COc1nc(Br)ccc1-c1cc2c(C(=O)OC(C)(C)C)c[nH]c2cc1Cl.COc1nc(N2C[C@@H]3C(O)[C@@H]3C2)ccc1-c1cc2c(C(=O)O)c[nH]c2cc1Cl.COc1nc(N2C[C@@H]3C(O)[C@@H]3C2)ccc1-c1cc2c(C(=O)OC(C)(C)C)c[nH]c2cc1Cl.OC1[C@H]2CNC[C@@H]12.[CH2-]C.[Pd]. The zero-order chi connectivity index (χ0) is 68.3. The number of nitrogens with zero attached hydrogens (tertiary/aromatic N) is 5. The molecule has 3 aromatic carbocycles. The largest absolute Gasteiger partial charge is 0.481 e. The number of H-pyrrole nitrogens is 3. The van der Waals surface area contributed by atoms with Gasteiger partial charge in [0, 0.05) is 180 Å². The molecule has 0 amide bonds. The smallest absolute Gasteiger partial charge is 0.340 e. The van der Waals surface area contributed by atoms with Crippen LogP contribution in [0.3, 0.4) is 0 Å². The first-order valence-corrected chi connectivity index (χ1v) is 33.0. The van der Waals surface area contributed by atoms with E-state index in [0.29, 0.717) is 106 Å². The number of fused-ring (bicyclic) bond motifs is 6. The number of aliphatic hydroxyl groups is 3. The third kappa shape index (κ3) is 15.7. The normalized spacial score (nSPS) is 21.3. The second kappa shape index (κ2) is 29.8. The number of hydrogen-bond acceptors (Lipinski definition) is 17. The number of ether oxygens (including phenoxy) is 5. The summed E-state index contributed by atoms with van der Waals surface area (Å²) in [6, 6.07) is 22.1. The molecule has 15 rings (SSSR count). The molecule has 3 aliphatic carbocycles. The van der Waals surface area contributed by atoms with Crippen molar-refractivity contribution in [2.75, 3.05) is 70.4 Å². The van der Waals surface area contributed by atoms with Crippen molar-refractivity contribution in [2.45, 2.75) is 85.4 Å². The molecule has 3 saturated heterocycles. The summed E-state index contributed by atoms with van der Waals surface area (Å²) in [6.45, 7) is 21.3. The fourth-order valence-corrected chi connectivity index (χ4v) is 13.8.